The van der Waals surface area contributed by atoms with Crippen molar-refractivity contribution in [1.82, 2.24) is 9.80 Å². The molecule has 2 aromatic rings. The fraction of sp³-hybridized carbons (Fsp3) is 0.350. The van der Waals surface area contributed by atoms with Crippen molar-refractivity contribution in [3.8, 4) is 0 Å². The molecular weight excluding hydrogens is 385 g/mol. The number of hydrogen-bond acceptors (Lipinski definition) is 3. The summed E-state index contributed by atoms with van der Waals surface area (Å²) in [7, 11) is 0. The van der Waals surface area contributed by atoms with E-state index in [1.807, 2.05) is 17.0 Å². The molecule has 0 aliphatic carbocycles. The third-order valence-electron chi connectivity index (χ3n) is 4.76. The van der Waals surface area contributed by atoms with Crippen molar-refractivity contribution in [2.24, 2.45) is 5.73 Å². The maximum atomic E-state index is 12.7. The van der Waals surface area contributed by atoms with Crippen LogP contribution in [-0.4, -0.2) is 41.9 Å². The number of thioether (sulfide) groups is 1. The van der Waals surface area contributed by atoms with Gasteiger partial charge in [-0.05, 0) is 29.3 Å². The SMILES string of the molecule is N=C(N)N1CCN(Cc2ccccc2SCc2ccc(C(F)(F)F)cc2)CC1. The Hall–Kier alpha value is -2.19. The predicted molar refractivity (Wildman–Crippen MR) is 106 cm³/mol. The van der Waals surface area contributed by atoms with Gasteiger partial charge in [0.2, 0.25) is 0 Å². The third kappa shape index (κ3) is 5.42. The Balaban J connectivity index is 1.59. The van der Waals surface area contributed by atoms with E-state index in [0.717, 1.165) is 55.3 Å². The standard InChI is InChI=1S/C20H23F3N4S/c21-20(22,23)17-7-5-15(6-8-17)14-28-18-4-2-1-3-16(18)13-26-9-11-27(12-10-26)19(24)25/h1-8H,9-14H2,(H3,24,25). The summed E-state index contributed by atoms with van der Waals surface area (Å²) in [5, 5.41) is 7.51. The lowest BCUT2D eigenvalue weighted by Crippen LogP contribution is -2.50. The van der Waals surface area contributed by atoms with Crippen molar-refractivity contribution < 1.29 is 13.2 Å². The molecular formula is C20H23F3N4S. The van der Waals surface area contributed by atoms with Crippen LogP contribution in [0.5, 0.6) is 0 Å². The lowest BCUT2D eigenvalue weighted by atomic mass is 10.1. The Morgan fingerprint density at radius 2 is 1.64 bits per heavy atom. The summed E-state index contributed by atoms with van der Waals surface area (Å²) in [4.78, 5) is 5.33. The lowest BCUT2D eigenvalue weighted by molar-refractivity contribution is -0.137. The number of nitrogens with one attached hydrogen (secondary N) is 1. The molecule has 0 aromatic heterocycles. The summed E-state index contributed by atoms with van der Waals surface area (Å²) in [5.41, 5.74) is 6.99. The number of rotatable bonds is 5. The minimum atomic E-state index is -4.30. The van der Waals surface area contributed by atoms with Crippen molar-refractivity contribution in [3.05, 3.63) is 65.2 Å². The van der Waals surface area contributed by atoms with Crippen LogP contribution in [0.25, 0.3) is 0 Å². The zero-order valence-electron chi connectivity index (χ0n) is 15.4. The number of nitrogens with two attached hydrogens (primary N) is 1. The number of benzene rings is 2. The third-order valence-corrected chi connectivity index (χ3v) is 5.94. The predicted octanol–water partition coefficient (Wildman–Crippen LogP) is 4.01. The number of halogens is 3. The molecule has 1 aliphatic heterocycles. The number of guanidine groups is 1. The van der Waals surface area contributed by atoms with Gasteiger partial charge >= 0.3 is 6.18 Å². The summed E-state index contributed by atoms with van der Waals surface area (Å²) < 4.78 is 38.0. The highest BCUT2D eigenvalue weighted by Crippen LogP contribution is 2.31. The second kappa shape index (κ2) is 8.87. The van der Waals surface area contributed by atoms with Gasteiger partial charge in [-0.2, -0.15) is 13.2 Å². The van der Waals surface area contributed by atoms with E-state index >= 15 is 0 Å². The molecule has 0 spiro atoms. The van der Waals surface area contributed by atoms with Crippen molar-refractivity contribution in [3.63, 3.8) is 0 Å². The van der Waals surface area contributed by atoms with Crippen LogP contribution in [-0.2, 0) is 18.5 Å². The van der Waals surface area contributed by atoms with Gasteiger partial charge in [-0.3, -0.25) is 10.3 Å². The fourth-order valence-corrected chi connectivity index (χ4v) is 4.12. The summed E-state index contributed by atoms with van der Waals surface area (Å²) in [6.07, 6.45) is -4.30. The van der Waals surface area contributed by atoms with Crippen LogP contribution in [0, 0.1) is 5.41 Å². The molecule has 8 heteroatoms. The van der Waals surface area contributed by atoms with E-state index in [-0.39, 0.29) is 5.96 Å². The highest BCUT2D eigenvalue weighted by molar-refractivity contribution is 7.98. The second-order valence-electron chi connectivity index (χ2n) is 6.74. The Labute approximate surface area is 167 Å². The molecule has 0 unspecified atom stereocenters. The highest BCUT2D eigenvalue weighted by atomic mass is 32.2. The Bertz CT molecular complexity index is 800. The molecule has 1 aliphatic rings. The van der Waals surface area contributed by atoms with Gasteiger partial charge in [0.15, 0.2) is 5.96 Å². The van der Waals surface area contributed by atoms with Crippen molar-refractivity contribution in [2.75, 3.05) is 26.2 Å². The van der Waals surface area contributed by atoms with Crippen molar-refractivity contribution in [2.45, 2.75) is 23.4 Å². The number of piperazine rings is 1. The topological polar surface area (TPSA) is 56.4 Å². The minimum absolute atomic E-state index is 0.118. The zero-order chi connectivity index (χ0) is 20.1. The van der Waals surface area contributed by atoms with Gasteiger partial charge < -0.3 is 10.6 Å². The molecule has 28 heavy (non-hydrogen) atoms. The van der Waals surface area contributed by atoms with Gasteiger partial charge in [-0.15, -0.1) is 11.8 Å². The van der Waals surface area contributed by atoms with E-state index in [0.29, 0.717) is 5.75 Å². The molecule has 3 rings (SSSR count). The summed E-state index contributed by atoms with van der Waals surface area (Å²) >= 11 is 1.64. The average molecular weight is 408 g/mol. The molecule has 0 bridgehead atoms. The zero-order valence-corrected chi connectivity index (χ0v) is 16.2. The van der Waals surface area contributed by atoms with Gasteiger partial charge in [-0.1, -0.05) is 30.3 Å². The maximum Gasteiger partial charge on any atom is 0.416 e. The fourth-order valence-electron chi connectivity index (χ4n) is 3.11. The smallest absolute Gasteiger partial charge is 0.370 e. The van der Waals surface area contributed by atoms with Crippen molar-refractivity contribution >= 4 is 17.7 Å². The van der Waals surface area contributed by atoms with Crippen LogP contribution in [0.15, 0.2) is 53.4 Å². The molecule has 1 saturated heterocycles. The average Bonchev–Trinajstić information content (AvgIpc) is 2.67. The van der Waals surface area contributed by atoms with E-state index in [2.05, 4.69) is 17.0 Å². The van der Waals surface area contributed by atoms with E-state index in [9.17, 15) is 13.2 Å². The van der Waals surface area contributed by atoms with Gasteiger partial charge in [0, 0.05) is 43.4 Å². The molecule has 0 atom stereocenters. The molecule has 1 heterocycles. The Kier molecular flexibility index (Phi) is 6.51. The van der Waals surface area contributed by atoms with Gasteiger partial charge in [0.1, 0.15) is 0 Å². The van der Waals surface area contributed by atoms with Crippen LogP contribution < -0.4 is 5.73 Å². The van der Waals surface area contributed by atoms with Crippen LogP contribution in [0.2, 0.25) is 0 Å². The Morgan fingerprint density at radius 1 is 1.00 bits per heavy atom. The van der Waals surface area contributed by atoms with Crippen LogP contribution in [0.4, 0.5) is 13.2 Å². The maximum absolute atomic E-state index is 12.7. The second-order valence-corrected chi connectivity index (χ2v) is 7.76. The lowest BCUT2D eigenvalue weighted by Gasteiger charge is -2.35. The first-order chi connectivity index (χ1) is 13.3. The molecule has 0 amide bonds. The van der Waals surface area contributed by atoms with E-state index in [1.54, 1.807) is 23.9 Å². The van der Waals surface area contributed by atoms with Gasteiger partial charge in [0.05, 0.1) is 5.56 Å². The molecule has 0 radical (unpaired) electrons. The molecule has 1 fully saturated rings. The monoisotopic (exact) mass is 408 g/mol. The molecule has 2 aromatic carbocycles. The van der Waals surface area contributed by atoms with E-state index in [4.69, 9.17) is 11.1 Å². The van der Waals surface area contributed by atoms with Crippen LogP contribution in [0.1, 0.15) is 16.7 Å². The number of hydrogen-bond donors (Lipinski definition) is 2. The number of alkyl halides is 3. The molecule has 150 valence electrons. The van der Waals surface area contributed by atoms with E-state index < -0.39 is 11.7 Å². The van der Waals surface area contributed by atoms with Crippen LogP contribution in [0.3, 0.4) is 0 Å². The van der Waals surface area contributed by atoms with Crippen molar-refractivity contribution in [1.29, 1.82) is 5.41 Å². The minimum Gasteiger partial charge on any atom is -0.370 e. The van der Waals surface area contributed by atoms with E-state index in [1.165, 1.54) is 5.56 Å². The Morgan fingerprint density at radius 3 is 2.25 bits per heavy atom. The first-order valence-corrected chi connectivity index (χ1v) is 9.99. The number of nitrogens with zero attached hydrogens (tertiary/aromatic N) is 2. The normalized spacial score (nSPS) is 15.6. The molecule has 3 N–H and O–H groups in total. The molecule has 0 saturated carbocycles. The van der Waals surface area contributed by atoms with Crippen LogP contribution >= 0.6 is 11.8 Å². The summed E-state index contributed by atoms with van der Waals surface area (Å²) in [6, 6.07) is 13.5. The molecule has 4 nitrogen and oxygen atoms in total. The largest absolute Gasteiger partial charge is 0.416 e. The quantitative estimate of drug-likeness (QED) is 0.446. The highest BCUT2D eigenvalue weighted by Gasteiger charge is 2.29. The summed E-state index contributed by atoms with van der Waals surface area (Å²) in [5.74, 6) is 0.736. The summed E-state index contributed by atoms with van der Waals surface area (Å²) in [6.45, 7) is 3.99. The first kappa shape index (κ1) is 20.5. The van der Waals surface area contributed by atoms with Gasteiger partial charge in [0.25, 0.3) is 0 Å². The van der Waals surface area contributed by atoms with Gasteiger partial charge in [-0.25, -0.2) is 0 Å². The first-order valence-electron chi connectivity index (χ1n) is 9.01.